The van der Waals surface area contributed by atoms with Gasteiger partial charge in [-0.2, -0.15) is 19.9 Å². The van der Waals surface area contributed by atoms with Crippen molar-refractivity contribution in [3.05, 3.63) is 51.0 Å². The molecule has 4 aromatic rings. The number of nitriles is 1. The van der Waals surface area contributed by atoms with Crippen molar-refractivity contribution in [1.82, 2.24) is 29.0 Å². The Kier molecular flexibility index (Phi) is 6.53. The van der Waals surface area contributed by atoms with E-state index in [4.69, 9.17) is 5.26 Å². The third-order valence-electron chi connectivity index (χ3n) is 7.45. The number of rotatable bonds is 6. The maximum Gasteiger partial charge on any atom is 0.352 e. The first-order valence-electron chi connectivity index (χ1n) is 12.6. The maximum absolute atomic E-state index is 12.8. The van der Waals surface area contributed by atoms with Crippen molar-refractivity contribution in [2.24, 2.45) is 7.05 Å². The lowest BCUT2D eigenvalue weighted by Crippen LogP contribution is -2.59. The monoisotopic (exact) mass is 504 g/mol. The second kappa shape index (κ2) is 9.64. The van der Waals surface area contributed by atoms with Crippen LogP contribution >= 0.6 is 11.3 Å². The average Bonchev–Trinajstić information content (AvgIpc) is 3.47. The van der Waals surface area contributed by atoms with Crippen LogP contribution in [-0.4, -0.2) is 54.2 Å². The normalized spacial score (nSPS) is 19.7. The van der Waals surface area contributed by atoms with Crippen molar-refractivity contribution in [3.63, 3.8) is 0 Å². The third-order valence-corrected chi connectivity index (χ3v) is 8.39. The molecule has 0 bridgehead atoms. The van der Waals surface area contributed by atoms with Crippen LogP contribution in [0.4, 0.5) is 5.95 Å². The smallest absolute Gasteiger partial charge is 0.335 e. The molecule has 36 heavy (non-hydrogen) atoms. The Labute approximate surface area is 214 Å². The van der Waals surface area contributed by atoms with Crippen LogP contribution in [0.5, 0.6) is 0 Å². The summed E-state index contributed by atoms with van der Waals surface area (Å²) in [6.07, 6.45) is 2.09. The Morgan fingerprint density at radius 2 is 1.94 bits per heavy atom. The fourth-order valence-electron chi connectivity index (χ4n) is 5.38. The van der Waals surface area contributed by atoms with Gasteiger partial charge in [-0.15, -0.1) is 11.3 Å². The van der Waals surface area contributed by atoms with E-state index >= 15 is 0 Å². The summed E-state index contributed by atoms with van der Waals surface area (Å²) in [6, 6.07) is 11.3. The zero-order chi connectivity index (χ0) is 25.6. The van der Waals surface area contributed by atoms with Crippen molar-refractivity contribution in [3.8, 4) is 6.07 Å². The molecule has 5 rings (SSSR count). The molecule has 0 amide bonds. The van der Waals surface area contributed by atoms with Gasteiger partial charge in [0.15, 0.2) is 0 Å². The van der Waals surface area contributed by atoms with Crippen molar-refractivity contribution >= 4 is 33.1 Å². The van der Waals surface area contributed by atoms with E-state index in [0.29, 0.717) is 17.3 Å². The summed E-state index contributed by atoms with van der Waals surface area (Å²) in [4.78, 5) is 26.7. The number of hydrogen-bond acceptors (Lipinski definition) is 8. The largest absolute Gasteiger partial charge is 0.352 e. The number of aryl methyl sites for hydroxylation is 2. The summed E-state index contributed by atoms with van der Waals surface area (Å²) >= 11 is 1.74. The van der Waals surface area contributed by atoms with Gasteiger partial charge in [-0.25, -0.2) is 9.78 Å². The van der Waals surface area contributed by atoms with Gasteiger partial charge < -0.3 is 4.90 Å². The van der Waals surface area contributed by atoms with Gasteiger partial charge in [0.2, 0.25) is 5.95 Å². The molecule has 0 spiro atoms. The van der Waals surface area contributed by atoms with Gasteiger partial charge in [0.25, 0.3) is 0 Å². The average molecular weight is 505 g/mol. The number of hydrogen-bond donors (Lipinski definition) is 0. The van der Waals surface area contributed by atoms with E-state index in [-0.39, 0.29) is 30.2 Å². The lowest BCUT2D eigenvalue weighted by molar-refractivity contribution is 0.1000. The molecule has 0 aliphatic carbocycles. The van der Waals surface area contributed by atoms with Gasteiger partial charge in [-0.05, 0) is 44.4 Å². The zero-order valence-electron chi connectivity index (χ0n) is 21.5. The van der Waals surface area contributed by atoms with Crippen LogP contribution in [-0.2, 0) is 13.5 Å². The van der Waals surface area contributed by atoms with Crippen molar-refractivity contribution in [2.75, 3.05) is 18.0 Å². The molecular formula is C26H32N8OS. The minimum atomic E-state index is -0.312. The molecule has 3 aromatic heterocycles. The Balaban J connectivity index is 1.50. The minimum Gasteiger partial charge on any atom is -0.335 e. The Bertz CT molecular complexity index is 1510. The van der Waals surface area contributed by atoms with Crippen LogP contribution in [0.2, 0.25) is 0 Å². The fraction of sp³-hybridized carbons (Fsp3) is 0.500. The third kappa shape index (κ3) is 4.16. The van der Waals surface area contributed by atoms with Gasteiger partial charge in [-0.3, -0.25) is 9.47 Å². The number of benzene rings is 1. The van der Waals surface area contributed by atoms with Crippen LogP contribution in [0.3, 0.4) is 0 Å². The second-order valence-corrected chi connectivity index (χ2v) is 10.8. The molecule has 3 atom stereocenters. The Morgan fingerprint density at radius 3 is 2.67 bits per heavy atom. The van der Waals surface area contributed by atoms with Crippen LogP contribution in [0, 0.1) is 18.3 Å². The first-order chi connectivity index (χ1) is 17.3. The van der Waals surface area contributed by atoms with Gasteiger partial charge in [0.1, 0.15) is 5.65 Å². The predicted octanol–water partition coefficient (Wildman–Crippen LogP) is 3.85. The van der Waals surface area contributed by atoms with E-state index in [1.165, 1.54) is 14.8 Å². The zero-order valence-corrected chi connectivity index (χ0v) is 22.3. The molecule has 0 saturated carbocycles. The summed E-state index contributed by atoms with van der Waals surface area (Å²) in [5.41, 5.74) is 3.35. The highest BCUT2D eigenvalue weighted by atomic mass is 32.1. The van der Waals surface area contributed by atoms with Gasteiger partial charge >= 0.3 is 5.69 Å². The lowest BCUT2D eigenvalue weighted by atomic mass is 9.97. The first kappa shape index (κ1) is 24.4. The van der Waals surface area contributed by atoms with Crippen LogP contribution in [0.15, 0.2) is 29.1 Å². The number of nitrogens with zero attached hydrogens (tertiary/aromatic N) is 8. The molecule has 0 radical (unpaired) electrons. The molecule has 1 aromatic carbocycles. The summed E-state index contributed by atoms with van der Waals surface area (Å²) in [6.45, 7) is 10.4. The quantitative estimate of drug-likeness (QED) is 0.394. The molecule has 1 saturated heterocycles. The topological polar surface area (TPSA) is 95.4 Å². The number of aromatic nitrogens is 5. The van der Waals surface area contributed by atoms with E-state index in [9.17, 15) is 4.79 Å². The molecular weight excluding hydrogens is 472 g/mol. The summed E-state index contributed by atoms with van der Waals surface area (Å²) in [5, 5.41) is 14.9. The molecule has 10 heteroatoms. The number of thiazole rings is 1. The van der Waals surface area contributed by atoms with E-state index in [0.717, 1.165) is 36.5 Å². The van der Waals surface area contributed by atoms with Crippen molar-refractivity contribution in [1.29, 1.82) is 5.26 Å². The predicted molar refractivity (Wildman–Crippen MR) is 143 cm³/mol. The summed E-state index contributed by atoms with van der Waals surface area (Å²) in [5.74, 6) is 0.566. The van der Waals surface area contributed by atoms with Crippen molar-refractivity contribution < 1.29 is 0 Å². The Morgan fingerprint density at radius 1 is 1.17 bits per heavy atom. The maximum atomic E-state index is 12.8. The van der Waals surface area contributed by atoms with E-state index in [2.05, 4.69) is 76.8 Å². The van der Waals surface area contributed by atoms with Crippen LogP contribution < -0.4 is 10.6 Å². The van der Waals surface area contributed by atoms with Gasteiger partial charge in [0, 0.05) is 44.3 Å². The Hall–Kier alpha value is -3.29. The van der Waals surface area contributed by atoms with E-state index in [1.54, 1.807) is 22.9 Å². The van der Waals surface area contributed by atoms with Crippen LogP contribution in [0.1, 0.15) is 55.9 Å². The molecule has 4 heterocycles. The molecule has 9 nitrogen and oxygen atoms in total. The molecule has 188 valence electrons. The highest BCUT2D eigenvalue weighted by Gasteiger charge is 2.37. The van der Waals surface area contributed by atoms with E-state index in [1.807, 2.05) is 6.07 Å². The SMILES string of the molecule is CC[C@H]1CN([C@@H](C)c2ccc3nc(C)sc3c2)[C@H](CC)CN1c1nc(=O)n(C)c2cc(CC#N)nn12. The number of anilines is 1. The molecule has 1 aliphatic rings. The molecule has 0 N–H and O–H groups in total. The van der Waals surface area contributed by atoms with E-state index < -0.39 is 0 Å². The number of piperazine rings is 1. The fourth-order valence-corrected chi connectivity index (χ4v) is 6.25. The molecule has 0 unspecified atom stereocenters. The first-order valence-corrected chi connectivity index (χ1v) is 13.4. The molecule has 1 aliphatic heterocycles. The lowest BCUT2D eigenvalue weighted by Gasteiger charge is -2.48. The standard InChI is InChI=1S/C26H32N8OS/c1-6-20-15-33(25-29-26(35)31(5)24-13-19(10-11-27)30-34(24)25)21(7-2)14-32(20)16(3)18-8-9-22-23(12-18)36-17(4)28-22/h8-9,12-13,16,20-21H,6-7,10,14-15H2,1-5H3/t16-,20+,21-/m0/s1. The second-order valence-electron chi connectivity index (χ2n) is 9.60. The summed E-state index contributed by atoms with van der Waals surface area (Å²) < 4.78 is 4.46. The molecule has 1 fully saturated rings. The van der Waals surface area contributed by atoms with Crippen molar-refractivity contribution in [2.45, 2.75) is 65.1 Å². The summed E-state index contributed by atoms with van der Waals surface area (Å²) in [7, 11) is 1.69. The van der Waals surface area contributed by atoms with Gasteiger partial charge in [0.05, 0.1) is 33.4 Å². The highest BCUT2D eigenvalue weighted by molar-refractivity contribution is 7.18. The minimum absolute atomic E-state index is 0.177. The van der Waals surface area contributed by atoms with Crippen LogP contribution in [0.25, 0.3) is 15.9 Å². The number of fused-ring (bicyclic) bond motifs is 2. The van der Waals surface area contributed by atoms with Gasteiger partial charge in [-0.1, -0.05) is 19.9 Å². The highest BCUT2D eigenvalue weighted by Crippen LogP contribution is 2.33.